The molecule has 0 aromatic rings. The molecule has 0 heterocycles. The van der Waals surface area contributed by atoms with Crippen LogP contribution in [0.1, 0.15) is 79.1 Å². The van der Waals surface area contributed by atoms with E-state index in [4.69, 9.17) is 0 Å². The van der Waals surface area contributed by atoms with E-state index in [-0.39, 0.29) is 29.7 Å². The van der Waals surface area contributed by atoms with E-state index < -0.39 is 0 Å². The SMILES string of the molecule is NC(=S)[S-].NC(=S)[S-].[CH2-]CCCCC(C)C.[CH2-]CCCCC(C)C.[Mo+4]. The molecule has 0 aliphatic heterocycles. The van der Waals surface area contributed by atoms with Gasteiger partial charge in [0.15, 0.2) is 0 Å². The third-order valence-electron chi connectivity index (χ3n) is 2.56. The van der Waals surface area contributed by atoms with Crippen molar-refractivity contribution in [2.75, 3.05) is 0 Å². The quantitative estimate of drug-likeness (QED) is 0.146. The van der Waals surface area contributed by atoms with Crippen molar-refractivity contribution in [2.24, 2.45) is 23.3 Å². The van der Waals surface area contributed by atoms with Crippen LogP contribution in [0.4, 0.5) is 0 Å². The van der Waals surface area contributed by atoms with Crippen LogP contribution in [0.25, 0.3) is 0 Å². The van der Waals surface area contributed by atoms with Gasteiger partial charge in [0.05, 0.1) is 0 Å². The van der Waals surface area contributed by atoms with Crippen LogP contribution in [0.15, 0.2) is 0 Å². The van der Waals surface area contributed by atoms with E-state index in [1.165, 1.54) is 38.5 Å². The number of unbranched alkanes of at least 4 members (excludes halogenated alkanes) is 4. The van der Waals surface area contributed by atoms with Crippen LogP contribution < -0.4 is 11.5 Å². The maximum Gasteiger partial charge on any atom is 4.00 e. The molecule has 0 aliphatic carbocycles. The molecule has 4 N–H and O–H groups in total. The van der Waals surface area contributed by atoms with Crippen LogP contribution in [-0.2, 0) is 46.3 Å². The third kappa shape index (κ3) is 110. The number of thiocarbonyl (C=S) groups is 2. The van der Waals surface area contributed by atoms with E-state index in [1.807, 2.05) is 0 Å². The van der Waals surface area contributed by atoms with Crippen molar-refractivity contribution in [1.82, 2.24) is 0 Å². The molecular formula is C18H38MoN2S4. The molecule has 150 valence electrons. The molecule has 2 nitrogen and oxygen atoms in total. The van der Waals surface area contributed by atoms with Crippen molar-refractivity contribution >= 4 is 58.3 Å². The van der Waals surface area contributed by atoms with E-state index in [1.54, 1.807) is 0 Å². The number of hydrogen-bond acceptors (Lipinski definition) is 4. The summed E-state index contributed by atoms with van der Waals surface area (Å²) in [5.74, 6) is 1.75. The zero-order chi connectivity index (χ0) is 20.0. The molecule has 0 rings (SSSR count). The molecule has 0 aromatic heterocycles. The topological polar surface area (TPSA) is 52.0 Å². The predicted molar refractivity (Wildman–Crippen MR) is 126 cm³/mol. The molecule has 0 spiro atoms. The molecule has 0 aliphatic rings. The van der Waals surface area contributed by atoms with E-state index in [2.05, 4.69) is 103 Å². The molecule has 0 fully saturated rings. The molecule has 0 saturated heterocycles. The van der Waals surface area contributed by atoms with Gasteiger partial charge in [-0.2, -0.15) is 12.8 Å². The average molecular weight is 507 g/mol. The summed E-state index contributed by atoms with van der Waals surface area (Å²) in [7, 11) is 0. The van der Waals surface area contributed by atoms with E-state index in [0.717, 1.165) is 24.7 Å². The predicted octanol–water partition coefficient (Wildman–Crippen LogP) is 5.63. The first-order chi connectivity index (χ1) is 11.0. The fourth-order valence-corrected chi connectivity index (χ4v) is 1.46. The standard InChI is InChI=1S/2C8H17.2CH3NS2.Mo/c2*1-4-5-6-7-8(2)3;2*2-1(3)4;/h2*8H,1,4-7H2,2-3H3;2*(H3,2,3,4);/q2*-1;;;+4/p-2. The number of rotatable bonds is 8. The molecule has 25 heavy (non-hydrogen) atoms. The minimum absolute atomic E-state index is 0. The Labute approximate surface area is 194 Å². The minimum Gasteiger partial charge on any atom is -0.415 e. The van der Waals surface area contributed by atoms with Crippen molar-refractivity contribution in [2.45, 2.75) is 79.1 Å². The van der Waals surface area contributed by atoms with E-state index in [9.17, 15) is 0 Å². The monoisotopic (exact) mass is 508 g/mol. The van der Waals surface area contributed by atoms with Gasteiger partial charge in [-0.3, -0.25) is 0 Å². The zero-order valence-corrected chi connectivity index (χ0v) is 21.7. The second-order valence-electron chi connectivity index (χ2n) is 6.12. The summed E-state index contributed by atoms with van der Waals surface area (Å²) in [4.78, 5) is 0. The Bertz CT molecular complexity index is 229. The Balaban J connectivity index is -0.0000000739. The Morgan fingerprint density at radius 3 is 1.08 bits per heavy atom. The third-order valence-corrected chi connectivity index (χ3v) is 2.56. The van der Waals surface area contributed by atoms with E-state index in [0.29, 0.717) is 0 Å². The molecule has 0 bridgehead atoms. The maximum absolute atomic E-state index is 4.66. The van der Waals surface area contributed by atoms with Crippen LogP contribution >= 0.6 is 24.4 Å². The van der Waals surface area contributed by atoms with Crippen LogP contribution in [0.2, 0.25) is 0 Å². The summed E-state index contributed by atoms with van der Waals surface area (Å²) in [5.41, 5.74) is 9.31. The molecule has 0 atom stereocenters. The Hall–Kier alpha value is 0.908. The second kappa shape index (κ2) is 32.6. The van der Waals surface area contributed by atoms with Gasteiger partial charge in [0, 0.05) is 0 Å². The normalized spacial score (nSPS) is 8.64. The Morgan fingerprint density at radius 2 is 0.960 bits per heavy atom. The van der Waals surface area contributed by atoms with Gasteiger partial charge >= 0.3 is 21.1 Å². The van der Waals surface area contributed by atoms with Gasteiger partial charge < -0.3 is 75.0 Å². The van der Waals surface area contributed by atoms with Crippen molar-refractivity contribution < 1.29 is 21.1 Å². The van der Waals surface area contributed by atoms with Crippen LogP contribution in [0.3, 0.4) is 0 Å². The number of hydrogen-bond donors (Lipinski definition) is 2. The largest absolute Gasteiger partial charge is 4.00 e. The molecule has 0 saturated carbocycles. The average Bonchev–Trinajstić information content (AvgIpc) is 2.38. The maximum atomic E-state index is 4.66. The van der Waals surface area contributed by atoms with Gasteiger partial charge in [-0.05, 0) is 11.8 Å². The first-order valence-electron chi connectivity index (χ1n) is 8.52. The van der Waals surface area contributed by atoms with Gasteiger partial charge in [0.1, 0.15) is 0 Å². The Morgan fingerprint density at radius 1 is 0.760 bits per heavy atom. The molecule has 0 radical (unpaired) electrons. The second-order valence-corrected chi connectivity index (χ2v) is 8.40. The van der Waals surface area contributed by atoms with E-state index >= 15 is 0 Å². The molecule has 7 heteroatoms. The van der Waals surface area contributed by atoms with Gasteiger partial charge in [0.25, 0.3) is 0 Å². The van der Waals surface area contributed by atoms with Crippen molar-refractivity contribution in [3.05, 3.63) is 13.8 Å². The summed E-state index contributed by atoms with van der Waals surface area (Å²) in [6.45, 7) is 16.6. The first-order valence-corrected chi connectivity index (χ1v) is 10.2. The summed E-state index contributed by atoms with van der Waals surface area (Å²) in [6.07, 6.45) is 10.3. The van der Waals surface area contributed by atoms with Crippen LogP contribution in [-0.4, -0.2) is 8.64 Å². The first kappa shape index (κ1) is 36.8. The Kier molecular flexibility index (Phi) is 47.9. The van der Waals surface area contributed by atoms with Crippen LogP contribution in [0, 0.1) is 25.7 Å². The molecule has 0 amide bonds. The fraction of sp³-hybridized carbons (Fsp3) is 0.778. The van der Waals surface area contributed by atoms with Gasteiger partial charge in [-0.25, -0.2) is 0 Å². The van der Waals surface area contributed by atoms with Gasteiger partial charge in [-0.1, -0.05) is 74.9 Å². The molecule has 0 unspecified atom stereocenters. The van der Waals surface area contributed by atoms with Crippen molar-refractivity contribution in [3.63, 3.8) is 0 Å². The van der Waals surface area contributed by atoms with Crippen molar-refractivity contribution in [1.29, 1.82) is 0 Å². The van der Waals surface area contributed by atoms with Crippen molar-refractivity contribution in [3.8, 4) is 0 Å². The minimum atomic E-state index is 0. The summed E-state index contributed by atoms with van der Waals surface area (Å²) in [5, 5.41) is 0. The summed E-state index contributed by atoms with van der Waals surface area (Å²) in [6, 6.07) is 0. The molecular weight excluding hydrogens is 468 g/mol. The fourth-order valence-electron chi connectivity index (χ4n) is 1.46. The summed E-state index contributed by atoms with van der Waals surface area (Å²) >= 11 is 16.5. The summed E-state index contributed by atoms with van der Waals surface area (Å²) < 4.78 is 0.167. The molecule has 0 aromatic carbocycles. The smallest absolute Gasteiger partial charge is 0.415 e. The number of nitrogens with two attached hydrogens (primary N) is 2. The van der Waals surface area contributed by atoms with Gasteiger partial charge in [-0.15, -0.1) is 0 Å². The van der Waals surface area contributed by atoms with Crippen LogP contribution in [0.5, 0.6) is 0 Å². The van der Waals surface area contributed by atoms with Gasteiger partial charge in [0.2, 0.25) is 0 Å². The zero-order valence-electron chi connectivity index (χ0n) is 16.4.